The topological polar surface area (TPSA) is 64.0 Å². The highest BCUT2D eigenvalue weighted by Crippen LogP contribution is 2.14. The molecular formula is C15H18BrN3O2. The van der Waals surface area contributed by atoms with Crippen LogP contribution in [0.4, 0.5) is 0 Å². The van der Waals surface area contributed by atoms with E-state index >= 15 is 0 Å². The zero-order valence-electron chi connectivity index (χ0n) is 12.1. The lowest BCUT2D eigenvalue weighted by molar-refractivity contribution is -0.122. The van der Waals surface area contributed by atoms with Crippen molar-refractivity contribution in [2.24, 2.45) is 0 Å². The standard InChI is InChI=1S/C15H18BrN3O2/c1-3-11(4-2)18-14(20)8-19-9-17-13-7-10(16)5-6-12(13)15(19)21/h5-7,9,11H,3-4,8H2,1-2H3,(H,18,20). The van der Waals surface area contributed by atoms with Crippen LogP contribution in [0.2, 0.25) is 0 Å². The number of fused-ring (bicyclic) bond motifs is 1. The Bertz CT molecular complexity index is 708. The molecule has 0 aliphatic heterocycles. The molecule has 112 valence electrons. The third-order valence-corrected chi connectivity index (χ3v) is 3.95. The minimum absolute atomic E-state index is 0.00562. The molecule has 0 atom stereocenters. The van der Waals surface area contributed by atoms with E-state index in [9.17, 15) is 9.59 Å². The minimum Gasteiger partial charge on any atom is -0.352 e. The van der Waals surface area contributed by atoms with Gasteiger partial charge in [-0.1, -0.05) is 29.8 Å². The summed E-state index contributed by atoms with van der Waals surface area (Å²) >= 11 is 3.35. The number of benzene rings is 1. The van der Waals surface area contributed by atoms with Crippen molar-refractivity contribution in [3.05, 3.63) is 39.4 Å². The second-order valence-electron chi connectivity index (χ2n) is 4.92. The Morgan fingerprint density at radius 1 is 1.38 bits per heavy atom. The van der Waals surface area contributed by atoms with Gasteiger partial charge < -0.3 is 5.32 Å². The van der Waals surface area contributed by atoms with E-state index in [1.165, 1.54) is 10.9 Å². The molecule has 0 saturated heterocycles. The van der Waals surface area contributed by atoms with Crippen LogP contribution in [0.15, 0.2) is 33.8 Å². The molecule has 0 fully saturated rings. The Morgan fingerprint density at radius 2 is 2.10 bits per heavy atom. The van der Waals surface area contributed by atoms with E-state index in [-0.39, 0.29) is 24.1 Å². The number of amides is 1. The Balaban J connectivity index is 2.23. The predicted molar refractivity (Wildman–Crippen MR) is 86.2 cm³/mol. The van der Waals surface area contributed by atoms with E-state index in [2.05, 4.69) is 26.2 Å². The number of nitrogens with zero attached hydrogens (tertiary/aromatic N) is 2. The maximum atomic E-state index is 12.3. The highest BCUT2D eigenvalue weighted by molar-refractivity contribution is 9.10. The van der Waals surface area contributed by atoms with Gasteiger partial charge in [0.05, 0.1) is 17.2 Å². The van der Waals surface area contributed by atoms with Gasteiger partial charge >= 0.3 is 0 Å². The van der Waals surface area contributed by atoms with Crippen molar-refractivity contribution >= 4 is 32.7 Å². The van der Waals surface area contributed by atoms with Gasteiger partial charge in [0.15, 0.2) is 0 Å². The van der Waals surface area contributed by atoms with E-state index in [0.29, 0.717) is 10.9 Å². The van der Waals surface area contributed by atoms with Crippen LogP contribution < -0.4 is 10.9 Å². The number of carbonyl (C=O) groups is 1. The van der Waals surface area contributed by atoms with Crippen molar-refractivity contribution in [1.29, 1.82) is 0 Å². The van der Waals surface area contributed by atoms with Crippen molar-refractivity contribution in [3.63, 3.8) is 0 Å². The molecule has 2 aromatic rings. The lowest BCUT2D eigenvalue weighted by atomic mass is 10.2. The minimum atomic E-state index is -0.202. The fraction of sp³-hybridized carbons (Fsp3) is 0.400. The zero-order chi connectivity index (χ0) is 15.4. The third-order valence-electron chi connectivity index (χ3n) is 3.45. The molecule has 1 aromatic heterocycles. The van der Waals surface area contributed by atoms with E-state index < -0.39 is 0 Å². The summed E-state index contributed by atoms with van der Waals surface area (Å²) in [7, 11) is 0. The molecule has 0 aliphatic rings. The number of aromatic nitrogens is 2. The van der Waals surface area contributed by atoms with Gasteiger partial charge in [-0.3, -0.25) is 14.2 Å². The van der Waals surface area contributed by atoms with Gasteiger partial charge in [-0.25, -0.2) is 4.98 Å². The number of hydrogen-bond donors (Lipinski definition) is 1. The number of halogens is 1. The first-order valence-corrected chi connectivity index (χ1v) is 7.78. The van der Waals surface area contributed by atoms with Crippen LogP contribution in [0.5, 0.6) is 0 Å². The van der Waals surface area contributed by atoms with Crippen molar-refractivity contribution in [2.45, 2.75) is 39.3 Å². The molecule has 21 heavy (non-hydrogen) atoms. The highest BCUT2D eigenvalue weighted by Gasteiger charge is 2.11. The summed E-state index contributed by atoms with van der Waals surface area (Å²) in [4.78, 5) is 28.5. The molecule has 0 radical (unpaired) electrons. The summed E-state index contributed by atoms with van der Waals surface area (Å²) in [6.07, 6.45) is 3.17. The molecule has 0 spiro atoms. The number of nitrogens with one attached hydrogen (secondary N) is 1. The first-order valence-electron chi connectivity index (χ1n) is 6.99. The summed E-state index contributed by atoms with van der Waals surface area (Å²) in [5, 5.41) is 3.43. The van der Waals surface area contributed by atoms with E-state index in [1.807, 2.05) is 13.8 Å². The van der Waals surface area contributed by atoms with Gasteiger partial charge in [-0.15, -0.1) is 0 Å². The lowest BCUT2D eigenvalue weighted by Gasteiger charge is -2.15. The van der Waals surface area contributed by atoms with Crippen LogP contribution in [-0.2, 0) is 11.3 Å². The van der Waals surface area contributed by atoms with Gasteiger partial charge in [0, 0.05) is 10.5 Å². The van der Waals surface area contributed by atoms with E-state index in [4.69, 9.17) is 0 Å². The SMILES string of the molecule is CCC(CC)NC(=O)Cn1cnc2cc(Br)ccc2c1=O. The average Bonchev–Trinajstić information content (AvgIpc) is 2.47. The summed E-state index contributed by atoms with van der Waals surface area (Å²) < 4.78 is 2.21. The number of rotatable bonds is 5. The quantitative estimate of drug-likeness (QED) is 0.899. The Morgan fingerprint density at radius 3 is 2.76 bits per heavy atom. The van der Waals surface area contributed by atoms with Crippen LogP contribution in [0.1, 0.15) is 26.7 Å². The molecule has 1 heterocycles. The normalized spacial score (nSPS) is 11.0. The molecule has 0 bridgehead atoms. The van der Waals surface area contributed by atoms with Crippen LogP contribution in [0.25, 0.3) is 10.9 Å². The molecule has 0 aliphatic carbocycles. The smallest absolute Gasteiger partial charge is 0.261 e. The first kappa shape index (κ1) is 15.7. The summed E-state index contributed by atoms with van der Waals surface area (Å²) in [6.45, 7) is 4.04. The second-order valence-corrected chi connectivity index (χ2v) is 5.84. The Labute approximate surface area is 131 Å². The third kappa shape index (κ3) is 3.69. The van der Waals surface area contributed by atoms with Gasteiger partial charge in [-0.05, 0) is 31.0 Å². The van der Waals surface area contributed by atoms with Gasteiger partial charge in [0.25, 0.3) is 5.56 Å². The summed E-state index contributed by atoms with van der Waals surface area (Å²) in [6, 6.07) is 5.44. The van der Waals surface area contributed by atoms with Crippen molar-refractivity contribution in [1.82, 2.24) is 14.9 Å². The van der Waals surface area contributed by atoms with Crippen LogP contribution >= 0.6 is 15.9 Å². The lowest BCUT2D eigenvalue weighted by Crippen LogP contribution is -2.38. The van der Waals surface area contributed by atoms with Gasteiger partial charge in [0.2, 0.25) is 5.91 Å². The van der Waals surface area contributed by atoms with Crippen molar-refractivity contribution < 1.29 is 4.79 Å². The molecule has 1 aromatic carbocycles. The van der Waals surface area contributed by atoms with Crippen LogP contribution in [-0.4, -0.2) is 21.5 Å². The first-order chi connectivity index (χ1) is 10.0. The Kier molecular flexibility index (Phi) is 5.12. The number of carbonyl (C=O) groups excluding carboxylic acids is 1. The summed E-state index contributed by atoms with van der Waals surface area (Å²) in [5.41, 5.74) is 0.415. The molecule has 0 saturated carbocycles. The largest absolute Gasteiger partial charge is 0.352 e. The monoisotopic (exact) mass is 351 g/mol. The number of hydrogen-bond acceptors (Lipinski definition) is 3. The molecule has 1 amide bonds. The van der Waals surface area contributed by atoms with Crippen LogP contribution in [0, 0.1) is 0 Å². The van der Waals surface area contributed by atoms with Crippen molar-refractivity contribution in [3.8, 4) is 0 Å². The zero-order valence-corrected chi connectivity index (χ0v) is 13.7. The van der Waals surface area contributed by atoms with E-state index in [1.54, 1.807) is 18.2 Å². The average molecular weight is 352 g/mol. The second kappa shape index (κ2) is 6.85. The maximum Gasteiger partial charge on any atom is 0.261 e. The molecule has 2 rings (SSSR count). The molecule has 0 unspecified atom stereocenters. The molecular weight excluding hydrogens is 334 g/mol. The molecule has 5 nitrogen and oxygen atoms in total. The fourth-order valence-electron chi connectivity index (χ4n) is 2.16. The summed E-state index contributed by atoms with van der Waals surface area (Å²) in [5.74, 6) is -0.163. The molecule has 1 N–H and O–H groups in total. The fourth-order valence-corrected chi connectivity index (χ4v) is 2.51. The molecule has 6 heteroatoms. The van der Waals surface area contributed by atoms with Crippen LogP contribution in [0.3, 0.4) is 0 Å². The van der Waals surface area contributed by atoms with Gasteiger partial charge in [0.1, 0.15) is 6.54 Å². The predicted octanol–water partition coefficient (Wildman–Crippen LogP) is 2.46. The Hall–Kier alpha value is -1.69. The highest BCUT2D eigenvalue weighted by atomic mass is 79.9. The van der Waals surface area contributed by atoms with E-state index in [0.717, 1.165) is 17.3 Å². The van der Waals surface area contributed by atoms with Gasteiger partial charge in [-0.2, -0.15) is 0 Å². The maximum absolute atomic E-state index is 12.3. The van der Waals surface area contributed by atoms with Crippen molar-refractivity contribution in [2.75, 3.05) is 0 Å².